The second kappa shape index (κ2) is 9.51. The van der Waals surface area contributed by atoms with Crippen LogP contribution in [0.3, 0.4) is 0 Å². The van der Waals surface area contributed by atoms with E-state index in [1.807, 2.05) is 26.0 Å². The Kier molecular flexibility index (Phi) is 7.82. The average molecular weight is 397 g/mol. The first-order valence-corrected chi connectivity index (χ1v) is 10.5. The van der Waals surface area contributed by atoms with Gasteiger partial charge in [-0.2, -0.15) is 0 Å². The number of aliphatic hydroxyl groups is 3. The fourth-order valence-electron chi connectivity index (χ4n) is 4.64. The summed E-state index contributed by atoms with van der Waals surface area (Å²) in [5.41, 5.74) is 0. The van der Waals surface area contributed by atoms with Gasteiger partial charge in [-0.05, 0) is 32.1 Å². The largest absolute Gasteiger partial charge is 0.461 e. The Balaban J connectivity index is 2.36. The molecule has 3 N–H and O–H groups in total. The van der Waals surface area contributed by atoms with Crippen molar-refractivity contribution in [3.05, 3.63) is 12.2 Å². The van der Waals surface area contributed by atoms with E-state index in [0.717, 1.165) is 6.42 Å². The summed E-state index contributed by atoms with van der Waals surface area (Å²) in [6.45, 7) is 8.69. The van der Waals surface area contributed by atoms with Crippen molar-refractivity contribution in [1.29, 1.82) is 0 Å². The van der Waals surface area contributed by atoms with Gasteiger partial charge in [-0.1, -0.05) is 39.8 Å². The minimum atomic E-state index is -1.06. The molecule has 0 spiro atoms. The highest BCUT2D eigenvalue weighted by molar-refractivity contribution is 5.83. The van der Waals surface area contributed by atoms with Gasteiger partial charge in [0.05, 0.1) is 24.2 Å². The molecule has 1 saturated heterocycles. The highest BCUT2D eigenvalue weighted by Gasteiger charge is 2.41. The Morgan fingerprint density at radius 3 is 2.21 bits per heavy atom. The molecule has 2 aliphatic rings. The van der Waals surface area contributed by atoms with Crippen molar-refractivity contribution >= 4 is 11.8 Å². The van der Waals surface area contributed by atoms with Crippen molar-refractivity contribution in [1.82, 2.24) is 0 Å². The van der Waals surface area contributed by atoms with Gasteiger partial charge >= 0.3 is 5.97 Å². The predicted octanol–water partition coefficient (Wildman–Crippen LogP) is 2.10. The van der Waals surface area contributed by atoms with Gasteiger partial charge in [-0.25, -0.2) is 0 Å². The van der Waals surface area contributed by atoms with Gasteiger partial charge in [-0.3, -0.25) is 9.59 Å². The van der Waals surface area contributed by atoms with E-state index >= 15 is 0 Å². The van der Waals surface area contributed by atoms with E-state index in [4.69, 9.17) is 4.74 Å². The quantitative estimate of drug-likeness (QED) is 0.428. The van der Waals surface area contributed by atoms with Crippen LogP contribution in [0.2, 0.25) is 0 Å². The highest BCUT2D eigenvalue weighted by atomic mass is 16.5. The summed E-state index contributed by atoms with van der Waals surface area (Å²) in [6.07, 6.45) is 2.14. The Hall–Kier alpha value is -1.24. The maximum absolute atomic E-state index is 12.9. The molecular weight excluding hydrogens is 360 g/mol. The summed E-state index contributed by atoms with van der Waals surface area (Å²) in [5, 5.41) is 32.2. The van der Waals surface area contributed by atoms with Crippen LogP contribution in [0.5, 0.6) is 0 Å². The maximum atomic E-state index is 12.9. The van der Waals surface area contributed by atoms with E-state index in [-0.39, 0.29) is 17.6 Å². The molecule has 1 aliphatic heterocycles. The molecule has 0 aromatic rings. The second-order valence-electron chi connectivity index (χ2n) is 8.98. The number of carbonyl (C=O) groups excluding carboxylic acids is 2. The molecule has 2 rings (SSSR count). The van der Waals surface area contributed by atoms with Crippen LogP contribution in [-0.4, -0.2) is 51.5 Å². The molecule has 0 saturated carbocycles. The third-order valence-corrected chi connectivity index (χ3v) is 6.78. The molecule has 0 bridgehead atoms. The van der Waals surface area contributed by atoms with Crippen molar-refractivity contribution < 1.29 is 29.6 Å². The van der Waals surface area contributed by atoms with Crippen LogP contribution >= 0.6 is 0 Å². The molecule has 0 radical (unpaired) electrons. The summed E-state index contributed by atoms with van der Waals surface area (Å²) in [4.78, 5) is 25.5. The van der Waals surface area contributed by atoms with E-state index in [0.29, 0.717) is 12.8 Å². The first kappa shape index (κ1) is 23.0. The number of fused-ring (bicyclic) bond motifs is 1. The number of aliphatic hydroxyl groups excluding tert-OH is 3. The van der Waals surface area contributed by atoms with Crippen LogP contribution in [0, 0.1) is 35.5 Å². The minimum absolute atomic E-state index is 0.0609. The number of carbonyl (C=O) groups is 2. The Morgan fingerprint density at radius 2 is 1.57 bits per heavy atom. The first-order chi connectivity index (χ1) is 13.1. The van der Waals surface area contributed by atoms with Gasteiger partial charge in [-0.15, -0.1) is 0 Å². The Morgan fingerprint density at radius 1 is 0.929 bits per heavy atom. The molecule has 0 aromatic carbocycles. The molecule has 6 heteroatoms. The number of Topliss-reactive ketones (excluding diaryl/α,β-unsaturated/α-hetero) is 1. The summed E-state index contributed by atoms with van der Waals surface area (Å²) in [6, 6.07) is 0. The van der Waals surface area contributed by atoms with Crippen molar-refractivity contribution in [2.45, 2.75) is 78.3 Å². The fraction of sp³-hybridized carbons (Fsp3) is 0.818. The predicted molar refractivity (Wildman–Crippen MR) is 105 cm³/mol. The molecule has 6 nitrogen and oxygen atoms in total. The third kappa shape index (κ3) is 4.84. The summed E-state index contributed by atoms with van der Waals surface area (Å²) < 4.78 is 5.67. The van der Waals surface area contributed by atoms with Crippen molar-refractivity contribution in [2.24, 2.45) is 35.5 Å². The number of hydrogen-bond acceptors (Lipinski definition) is 6. The monoisotopic (exact) mass is 396 g/mol. The Labute approximate surface area is 168 Å². The van der Waals surface area contributed by atoms with Crippen molar-refractivity contribution in [3.63, 3.8) is 0 Å². The zero-order chi connectivity index (χ0) is 21.2. The highest BCUT2D eigenvalue weighted by Crippen LogP contribution is 2.33. The lowest BCUT2D eigenvalue weighted by Gasteiger charge is -2.37. The van der Waals surface area contributed by atoms with Gasteiger partial charge in [0, 0.05) is 23.7 Å². The van der Waals surface area contributed by atoms with E-state index < -0.39 is 54.1 Å². The maximum Gasteiger partial charge on any atom is 0.311 e. The molecule has 0 amide bonds. The van der Waals surface area contributed by atoms with Crippen LogP contribution < -0.4 is 0 Å². The lowest BCUT2D eigenvalue weighted by Crippen LogP contribution is -2.46. The van der Waals surface area contributed by atoms with Crippen LogP contribution in [0.25, 0.3) is 0 Å². The third-order valence-electron chi connectivity index (χ3n) is 6.78. The number of rotatable bonds is 0. The summed E-state index contributed by atoms with van der Waals surface area (Å²) >= 11 is 0. The lowest BCUT2D eigenvalue weighted by atomic mass is 9.76. The van der Waals surface area contributed by atoms with Crippen LogP contribution in [0.15, 0.2) is 12.2 Å². The molecule has 10 atom stereocenters. The van der Waals surface area contributed by atoms with Crippen molar-refractivity contribution in [3.8, 4) is 0 Å². The Bertz CT molecular complexity index is 588. The minimum Gasteiger partial charge on any atom is -0.461 e. The van der Waals surface area contributed by atoms with Crippen LogP contribution in [-0.2, 0) is 14.3 Å². The molecule has 1 heterocycles. The van der Waals surface area contributed by atoms with Gasteiger partial charge in [0.1, 0.15) is 11.9 Å². The topological polar surface area (TPSA) is 104 Å². The number of allylic oxidation sites excluding steroid dienone is 1. The van der Waals surface area contributed by atoms with Gasteiger partial charge < -0.3 is 20.1 Å². The van der Waals surface area contributed by atoms with E-state index in [2.05, 4.69) is 0 Å². The zero-order valence-corrected chi connectivity index (χ0v) is 17.6. The SMILES string of the molecule is CC1C(=O)O[C@@H]2CCC=C[C@@H]2[C@H](O)[C@@H](C)C(=O)[C@H](C)C[C@H](C)[C@H](O)[C@@H](C)[C@@H]1O. The molecule has 1 aliphatic carbocycles. The molecular formula is C22H36O6. The second-order valence-corrected chi connectivity index (χ2v) is 8.98. The number of esters is 1. The molecule has 160 valence electrons. The first-order valence-electron chi connectivity index (χ1n) is 10.5. The standard InChI is InChI=1S/C22H36O6/c1-11-10-12(2)19(24)14(4)21(26)16-8-6-7-9-17(16)28-22(27)15(5)20(25)13(3)18(11)23/h6,8,11-18,20-21,23,25-26H,7,9-10H2,1-5H3/t11-,12+,13+,14-,15?,16-,17+,18-,20-,21+/m0/s1. The van der Waals surface area contributed by atoms with Gasteiger partial charge in [0.25, 0.3) is 0 Å². The van der Waals surface area contributed by atoms with E-state index in [9.17, 15) is 24.9 Å². The molecule has 28 heavy (non-hydrogen) atoms. The zero-order valence-electron chi connectivity index (χ0n) is 17.6. The number of ether oxygens (including phenoxy) is 1. The summed E-state index contributed by atoms with van der Waals surface area (Å²) in [5.74, 6) is -3.54. The van der Waals surface area contributed by atoms with E-state index in [1.165, 1.54) is 0 Å². The lowest BCUT2D eigenvalue weighted by molar-refractivity contribution is -0.165. The normalized spacial score (nSPS) is 46.4. The number of ketones is 1. The van der Waals surface area contributed by atoms with Crippen molar-refractivity contribution in [2.75, 3.05) is 0 Å². The fourth-order valence-corrected chi connectivity index (χ4v) is 4.64. The smallest absolute Gasteiger partial charge is 0.311 e. The van der Waals surface area contributed by atoms with E-state index in [1.54, 1.807) is 20.8 Å². The van der Waals surface area contributed by atoms with Gasteiger partial charge in [0.2, 0.25) is 0 Å². The molecule has 0 aromatic heterocycles. The average Bonchev–Trinajstić information content (AvgIpc) is 2.69. The van der Waals surface area contributed by atoms with Gasteiger partial charge in [0.15, 0.2) is 0 Å². The summed E-state index contributed by atoms with van der Waals surface area (Å²) in [7, 11) is 0. The molecule has 1 unspecified atom stereocenters. The van der Waals surface area contributed by atoms with Crippen LogP contribution in [0.1, 0.15) is 53.9 Å². The number of hydrogen-bond donors (Lipinski definition) is 3. The molecule has 1 fully saturated rings. The van der Waals surface area contributed by atoms with Crippen LogP contribution in [0.4, 0.5) is 0 Å².